The average molecular weight is 264 g/mol. The molecule has 1 heterocycles. The first-order chi connectivity index (χ1) is 9.34. The lowest BCUT2D eigenvalue weighted by Gasteiger charge is -2.47. The van der Waals surface area contributed by atoms with Gasteiger partial charge in [0.1, 0.15) is 0 Å². The number of nitrogens with one attached hydrogen (secondary N) is 1. The van der Waals surface area contributed by atoms with Gasteiger partial charge >= 0.3 is 0 Å². The highest BCUT2D eigenvalue weighted by molar-refractivity contribution is 4.89. The van der Waals surface area contributed by atoms with Gasteiger partial charge in [-0.2, -0.15) is 0 Å². The van der Waals surface area contributed by atoms with Gasteiger partial charge in [0.25, 0.3) is 0 Å². The van der Waals surface area contributed by atoms with Crippen LogP contribution in [0.4, 0.5) is 0 Å². The van der Waals surface area contributed by atoms with E-state index in [1.807, 2.05) is 0 Å². The van der Waals surface area contributed by atoms with Crippen molar-refractivity contribution >= 4 is 0 Å². The minimum atomic E-state index is 0.812. The largest absolute Gasteiger partial charge is 0.314 e. The lowest BCUT2D eigenvalue weighted by Crippen LogP contribution is -2.50. The number of rotatable bonds is 6. The Kier molecular flexibility index (Phi) is 4.81. The first kappa shape index (κ1) is 13.9. The smallest absolute Gasteiger partial charge is 0.0126 e. The molecule has 1 saturated heterocycles. The molecule has 3 atom stereocenters. The summed E-state index contributed by atoms with van der Waals surface area (Å²) in [4.78, 5) is 2.88. The maximum atomic E-state index is 3.65. The number of nitrogens with zero attached hydrogens (tertiary/aromatic N) is 1. The summed E-state index contributed by atoms with van der Waals surface area (Å²) in [7, 11) is 0. The summed E-state index contributed by atoms with van der Waals surface area (Å²) in [5.41, 5.74) is 0. The maximum absolute atomic E-state index is 3.65. The molecule has 2 saturated carbocycles. The topological polar surface area (TPSA) is 15.3 Å². The fourth-order valence-electron chi connectivity index (χ4n) is 4.37. The predicted molar refractivity (Wildman–Crippen MR) is 81.4 cm³/mol. The van der Waals surface area contributed by atoms with Crippen LogP contribution in [-0.2, 0) is 0 Å². The fraction of sp³-hybridized carbons (Fsp3) is 1.00. The third-order valence-electron chi connectivity index (χ3n) is 5.66. The Morgan fingerprint density at radius 1 is 1.05 bits per heavy atom. The zero-order valence-electron chi connectivity index (χ0n) is 12.7. The highest BCUT2D eigenvalue weighted by Gasteiger charge is 2.34. The molecule has 19 heavy (non-hydrogen) atoms. The second kappa shape index (κ2) is 6.58. The van der Waals surface area contributed by atoms with Crippen molar-refractivity contribution in [3.05, 3.63) is 0 Å². The Morgan fingerprint density at radius 3 is 2.68 bits per heavy atom. The molecule has 0 bridgehead atoms. The highest BCUT2D eigenvalue weighted by atomic mass is 15.2. The molecule has 0 aromatic rings. The van der Waals surface area contributed by atoms with Crippen LogP contribution in [0, 0.1) is 5.92 Å². The van der Waals surface area contributed by atoms with Crippen LogP contribution in [-0.4, -0.2) is 36.1 Å². The monoisotopic (exact) mass is 264 g/mol. The Hall–Kier alpha value is -0.0800. The number of likely N-dealkylation sites (tertiary alicyclic amines) is 1. The molecule has 0 aromatic carbocycles. The van der Waals surface area contributed by atoms with Gasteiger partial charge in [0.05, 0.1) is 0 Å². The number of piperidine rings is 1. The van der Waals surface area contributed by atoms with E-state index in [9.17, 15) is 0 Å². The Balaban J connectivity index is 1.42. The van der Waals surface area contributed by atoms with Crippen LogP contribution >= 0.6 is 0 Å². The van der Waals surface area contributed by atoms with Gasteiger partial charge in [-0.25, -0.2) is 0 Å². The van der Waals surface area contributed by atoms with Gasteiger partial charge in [-0.05, 0) is 77.3 Å². The van der Waals surface area contributed by atoms with Gasteiger partial charge in [-0.3, -0.25) is 4.90 Å². The minimum Gasteiger partial charge on any atom is -0.314 e. The summed E-state index contributed by atoms with van der Waals surface area (Å²) >= 11 is 0. The molecule has 3 fully saturated rings. The van der Waals surface area contributed by atoms with Gasteiger partial charge < -0.3 is 5.32 Å². The molecule has 1 aliphatic heterocycles. The van der Waals surface area contributed by atoms with Crippen molar-refractivity contribution in [2.45, 2.75) is 89.3 Å². The van der Waals surface area contributed by atoms with Crippen LogP contribution < -0.4 is 5.32 Å². The van der Waals surface area contributed by atoms with E-state index < -0.39 is 0 Å². The van der Waals surface area contributed by atoms with Crippen LogP contribution in [0.2, 0.25) is 0 Å². The zero-order chi connectivity index (χ0) is 13.1. The standard InChI is InChI=1S/C17H32N2/c1-14(6-4-12-18-16-10-11-16)19-13-5-8-15-7-2-3-9-17(15)19/h14-18H,2-13H2,1H3/t14?,15-,17-/m1/s1. The molecule has 0 aromatic heterocycles. The summed E-state index contributed by atoms with van der Waals surface area (Å²) in [5, 5.41) is 3.65. The zero-order valence-corrected chi connectivity index (χ0v) is 12.7. The van der Waals surface area contributed by atoms with Crippen molar-refractivity contribution in [3.63, 3.8) is 0 Å². The van der Waals surface area contributed by atoms with Crippen LogP contribution in [0.3, 0.4) is 0 Å². The third kappa shape index (κ3) is 3.72. The second-order valence-corrected chi connectivity index (χ2v) is 7.21. The summed E-state index contributed by atoms with van der Waals surface area (Å²) in [6.45, 7) is 5.10. The van der Waals surface area contributed by atoms with Crippen LogP contribution in [0.15, 0.2) is 0 Å². The van der Waals surface area contributed by atoms with Gasteiger partial charge in [-0.1, -0.05) is 12.8 Å². The summed E-state index contributed by atoms with van der Waals surface area (Å²) in [5.74, 6) is 1.04. The SMILES string of the molecule is CC(CCCNC1CC1)N1CCC[C@H]2CCCC[C@H]21. The molecule has 2 heteroatoms. The van der Waals surface area contributed by atoms with Gasteiger partial charge in [0, 0.05) is 18.1 Å². The normalized spacial score (nSPS) is 33.9. The van der Waals surface area contributed by atoms with Crippen molar-refractivity contribution in [3.8, 4) is 0 Å². The van der Waals surface area contributed by atoms with Crippen molar-refractivity contribution in [1.29, 1.82) is 0 Å². The molecular formula is C17H32N2. The Bertz CT molecular complexity index is 272. The number of hydrogen-bond acceptors (Lipinski definition) is 2. The lowest BCUT2D eigenvalue weighted by molar-refractivity contribution is 0.0282. The minimum absolute atomic E-state index is 0.812. The van der Waals surface area contributed by atoms with E-state index in [2.05, 4.69) is 17.1 Å². The predicted octanol–water partition coefficient (Wildman–Crippen LogP) is 3.56. The summed E-state index contributed by atoms with van der Waals surface area (Å²) < 4.78 is 0. The quantitative estimate of drug-likeness (QED) is 0.738. The van der Waals surface area contributed by atoms with Crippen LogP contribution in [0.25, 0.3) is 0 Å². The molecule has 0 radical (unpaired) electrons. The molecule has 0 spiro atoms. The first-order valence-electron chi connectivity index (χ1n) is 8.84. The molecule has 110 valence electrons. The number of fused-ring (bicyclic) bond motifs is 1. The maximum Gasteiger partial charge on any atom is 0.0126 e. The van der Waals surface area contributed by atoms with E-state index in [1.165, 1.54) is 77.3 Å². The molecule has 1 unspecified atom stereocenters. The van der Waals surface area contributed by atoms with Crippen molar-refractivity contribution in [1.82, 2.24) is 10.2 Å². The molecular weight excluding hydrogens is 232 g/mol. The van der Waals surface area contributed by atoms with Crippen molar-refractivity contribution in [2.24, 2.45) is 5.92 Å². The second-order valence-electron chi connectivity index (χ2n) is 7.21. The Morgan fingerprint density at radius 2 is 1.84 bits per heavy atom. The van der Waals surface area contributed by atoms with Crippen molar-refractivity contribution < 1.29 is 0 Å². The van der Waals surface area contributed by atoms with E-state index in [4.69, 9.17) is 0 Å². The molecule has 3 rings (SSSR count). The highest BCUT2D eigenvalue weighted by Crippen LogP contribution is 2.36. The molecule has 2 aliphatic carbocycles. The van der Waals surface area contributed by atoms with E-state index in [1.54, 1.807) is 0 Å². The van der Waals surface area contributed by atoms with Gasteiger partial charge in [-0.15, -0.1) is 0 Å². The van der Waals surface area contributed by atoms with E-state index >= 15 is 0 Å². The van der Waals surface area contributed by atoms with E-state index in [0.717, 1.165) is 24.0 Å². The Labute approximate surface area is 119 Å². The molecule has 1 N–H and O–H groups in total. The van der Waals surface area contributed by atoms with Crippen LogP contribution in [0.5, 0.6) is 0 Å². The molecule has 2 nitrogen and oxygen atoms in total. The summed E-state index contributed by atoms with van der Waals surface area (Å²) in [6.07, 6.45) is 14.5. The summed E-state index contributed by atoms with van der Waals surface area (Å²) in [6, 6.07) is 2.63. The fourth-order valence-corrected chi connectivity index (χ4v) is 4.37. The molecule has 3 aliphatic rings. The lowest BCUT2D eigenvalue weighted by atomic mass is 9.77. The first-order valence-corrected chi connectivity index (χ1v) is 8.84. The number of hydrogen-bond donors (Lipinski definition) is 1. The molecule has 0 amide bonds. The van der Waals surface area contributed by atoms with E-state index in [-0.39, 0.29) is 0 Å². The average Bonchev–Trinajstić information content (AvgIpc) is 3.27. The van der Waals surface area contributed by atoms with Crippen LogP contribution in [0.1, 0.15) is 71.1 Å². The van der Waals surface area contributed by atoms with Gasteiger partial charge in [0.2, 0.25) is 0 Å². The van der Waals surface area contributed by atoms with E-state index in [0.29, 0.717) is 0 Å². The third-order valence-corrected chi connectivity index (χ3v) is 5.66. The van der Waals surface area contributed by atoms with Crippen molar-refractivity contribution in [2.75, 3.05) is 13.1 Å². The van der Waals surface area contributed by atoms with Gasteiger partial charge in [0.15, 0.2) is 0 Å².